The number of nitrogens with one attached hydrogen (secondary N) is 1. The molecule has 3 N–H and O–H groups in total. The first-order chi connectivity index (χ1) is 8.28. The number of carbonyl (C=O) groups excluding carboxylic acids is 1. The van der Waals surface area contributed by atoms with E-state index >= 15 is 0 Å². The lowest BCUT2D eigenvalue weighted by Gasteiger charge is -2.06. The number of carbonyl (C=O) groups is 1. The Morgan fingerprint density at radius 3 is 2.71 bits per heavy atom. The number of anilines is 1. The Morgan fingerprint density at radius 1 is 1.35 bits per heavy atom. The highest BCUT2D eigenvalue weighted by atomic mass is 16.1. The number of nitrogens with two attached hydrogens (primary N) is 1. The Morgan fingerprint density at radius 2 is 2.12 bits per heavy atom. The average molecular weight is 230 g/mol. The van der Waals surface area contributed by atoms with Crippen molar-refractivity contribution in [3.8, 4) is 0 Å². The molecule has 5 heteroatoms. The van der Waals surface area contributed by atoms with E-state index in [-0.39, 0.29) is 12.5 Å². The summed E-state index contributed by atoms with van der Waals surface area (Å²) in [4.78, 5) is 15.5. The molecule has 1 aromatic heterocycles. The smallest absolute Gasteiger partial charge is 0.244 e. The fourth-order valence-electron chi connectivity index (χ4n) is 1.47. The van der Waals surface area contributed by atoms with Gasteiger partial charge < -0.3 is 15.6 Å². The van der Waals surface area contributed by atoms with E-state index in [0.717, 1.165) is 11.3 Å². The van der Waals surface area contributed by atoms with Crippen molar-refractivity contribution in [3.63, 3.8) is 0 Å². The van der Waals surface area contributed by atoms with Gasteiger partial charge in [0.05, 0.1) is 6.33 Å². The summed E-state index contributed by atoms with van der Waals surface area (Å²) in [5, 5.41) is 2.80. The highest BCUT2D eigenvalue weighted by Crippen LogP contribution is 2.09. The molecule has 0 atom stereocenters. The minimum Gasteiger partial charge on any atom is -0.328 e. The monoisotopic (exact) mass is 230 g/mol. The fourth-order valence-corrected chi connectivity index (χ4v) is 1.47. The largest absolute Gasteiger partial charge is 0.328 e. The van der Waals surface area contributed by atoms with E-state index in [1.807, 2.05) is 24.3 Å². The zero-order valence-corrected chi connectivity index (χ0v) is 9.34. The molecule has 88 valence electrons. The van der Waals surface area contributed by atoms with Gasteiger partial charge in [0, 0.05) is 24.6 Å². The molecule has 0 spiro atoms. The van der Waals surface area contributed by atoms with Crippen LogP contribution in [0.4, 0.5) is 5.69 Å². The van der Waals surface area contributed by atoms with Gasteiger partial charge in [-0.15, -0.1) is 0 Å². The summed E-state index contributed by atoms with van der Waals surface area (Å²) in [5.74, 6) is -0.0801. The van der Waals surface area contributed by atoms with Crippen molar-refractivity contribution in [1.82, 2.24) is 9.55 Å². The Labute approximate surface area is 99.3 Å². The van der Waals surface area contributed by atoms with Crippen LogP contribution in [-0.4, -0.2) is 15.5 Å². The van der Waals surface area contributed by atoms with Crippen molar-refractivity contribution in [2.45, 2.75) is 13.1 Å². The third-order valence-electron chi connectivity index (χ3n) is 2.36. The second kappa shape index (κ2) is 5.27. The second-order valence-corrected chi connectivity index (χ2v) is 3.68. The Hall–Kier alpha value is -2.14. The number of benzene rings is 1. The molecule has 2 aromatic rings. The van der Waals surface area contributed by atoms with E-state index in [0.29, 0.717) is 6.54 Å². The number of hydrogen-bond acceptors (Lipinski definition) is 3. The SMILES string of the molecule is NCc1ccc(NC(=O)Cn2ccnc2)cc1. The molecule has 1 heterocycles. The zero-order chi connectivity index (χ0) is 12.1. The second-order valence-electron chi connectivity index (χ2n) is 3.68. The van der Waals surface area contributed by atoms with Gasteiger partial charge in [-0.3, -0.25) is 4.79 Å². The van der Waals surface area contributed by atoms with Crippen molar-refractivity contribution in [3.05, 3.63) is 48.5 Å². The molecule has 5 nitrogen and oxygen atoms in total. The lowest BCUT2D eigenvalue weighted by molar-refractivity contribution is -0.116. The van der Waals surface area contributed by atoms with Crippen LogP contribution in [0, 0.1) is 0 Å². The predicted octanol–water partition coefficient (Wildman–Crippen LogP) is 0.980. The molecule has 0 saturated heterocycles. The Balaban J connectivity index is 1.93. The van der Waals surface area contributed by atoms with Crippen LogP contribution in [0.15, 0.2) is 43.0 Å². The van der Waals surface area contributed by atoms with Gasteiger partial charge in [-0.05, 0) is 17.7 Å². The average Bonchev–Trinajstić information content (AvgIpc) is 2.82. The first-order valence-electron chi connectivity index (χ1n) is 5.32. The van der Waals surface area contributed by atoms with Gasteiger partial charge in [-0.2, -0.15) is 0 Å². The van der Waals surface area contributed by atoms with Crippen LogP contribution in [0.1, 0.15) is 5.56 Å². The number of aromatic nitrogens is 2. The van der Waals surface area contributed by atoms with Crippen LogP contribution >= 0.6 is 0 Å². The maximum Gasteiger partial charge on any atom is 0.244 e. The maximum atomic E-state index is 11.6. The molecule has 0 saturated carbocycles. The zero-order valence-electron chi connectivity index (χ0n) is 9.34. The molecule has 0 aliphatic heterocycles. The van der Waals surface area contributed by atoms with Crippen LogP contribution in [0.5, 0.6) is 0 Å². The highest BCUT2D eigenvalue weighted by molar-refractivity contribution is 5.90. The Kier molecular flexibility index (Phi) is 3.52. The minimum atomic E-state index is -0.0801. The number of hydrogen-bond donors (Lipinski definition) is 2. The van der Waals surface area contributed by atoms with Crippen LogP contribution < -0.4 is 11.1 Å². The van der Waals surface area contributed by atoms with E-state index < -0.39 is 0 Å². The first kappa shape index (κ1) is 11.3. The molecule has 0 bridgehead atoms. The van der Waals surface area contributed by atoms with E-state index in [1.54, 1.807) is 23.3 Å². The lowest BCUT2D eigenvalue weighted by atomic mass is 10.2. The molecule has 1 aromatic carbocycles. The Bertz CT molecular complexity index is 476. The van der Waals surface area contributed by atoms with Crippen molar-refractivity contribution in [2.75, 3.05) is 5.32 Å². The van der Waals surface area contributed by atoms with E-state index in [2.05, 4.69) is 10.3 Å². The van der Waals surface area contributed by atoms with Crippen molar-refractivity contribution in [1.29, 1.82) is 0 Å². The molecule has 0 fully saturated rings. The van der Waals surface area contributed by atoms with Gasteiger partial charge in [0.15, 0.2) is 0 Å². The molecule has 2 rings (SSSR count). The van der Waals surface area contributed by atoms with Crippen LogP contribution in [0.3, 0.4) is 0 Å². The standard InChI is InChI=1S/C12H14N4O/c13-7-10-1-3-11(4-2-10)15-12(17)8-16-6-5-14-9-16/h1-6,9H,7-8,13H2,(H,15,17). The van der Waals surface area contributed by atoms with E-state index in [9.17, 15) is 4.79 Å². The fraction of sp³-hybridized carbons (Fsp3) is 0.167. The molecular formula is C12H14N4O. The summed E-state index contributed by atoms with van der Waals surface area (Å²) in [6.07, 6.45) is 5.00. The summed E-state index contributed by atoms with van der Waals surface area (Å²) in [5.41, 5.74) is 7.30. The summed E-state index contributed by atoms with van der Waals surface area (Å²) < 4.78 is 1.71. The van der Waals surface area contributed by atoms with Gasteiger partial charge >= 0.3 is 0 Å². The quantitative estimate of drug-likeness (QED) is 0.822. The number of nitrogens with zero attached hydrogens (tertiary/aromatic N) is 2. The summed E-state index contributed by atoms with van der Waals surface area (Å²) in [6.45, 7) is 0.766. The van der Waals surface area contributed by atoms with Crippen molar-refractivity contribution >= 4 is 11.6 Å². The summed E-state index contributed by atoms with van der Waals surface area (Å²) in [7, 11) is 0. The summed E-state index contributed by atoms with van der Waals surface area (Å²) in [6, 6.07) is 7.47. The number of rotatable bonds is 4. The topological polar surface area (TPSA) is 72.9 Å². The van der Waals surface area contributed by atoms with Gasteiger partial charge in [0.2, 0.25) is 5.91 Å². The molecule has 17 heavy (non-hydrogen) atoms. The third-order valence-corrected chi connectivity index (χ3v) is 2.36. The molecule has 1 amide bonds. The molecule has 0 unspecified atom stereocenters. The van der Waals surface area contributed by atoms with Gasteiger partial charge in [0.25, 0.3) is 0 Å². The van der Waals surface area contributed by atoms with Crippen molar-refractivity contribution in [2.24, 2.45) is 5.73 Å². The molecule has 0 radical (unpaired) electrons. The molecular weight excluding hydrogens is 216 g/mol. The lowest BCUT2D eigenvalue weighted by Crippen LogP contribution is -2.17. The summed E-state index contributed by atoms with van der Waals surface area (Å²) >= 11 is 0. The van der Waals surface area contributed by atoms with Gasteiger partial charge in [0.1, 0.15) is 6.54 Å². The maximum absolute atomic E-state index is 11.6. The number of amides is 1. The van der Waals surface area contributed by atoms with Crippen molar-refractivity contribution < 1.29 is 4.79 Å². The predicted molar refractivity (Wildman–Crippen MR) is 65.2 cm³/mol. The van der Waals surface area contributed by atoms with Gasteiger partial charge in [-0.1, -0.05) is 12.1 Å². The van der Waals surface area contributed by atoms with Crippen LogP contribution in [0.25, 0.3) is 0 Å². The third kappa shape index (κ3) is 3.15. The van der Waals surface area contributed by atoms with E-state index in [1.165, 1.54) is 0 Å². The normalized spacial score (nSPS) is 10.2. The highest BCUT2D eigenvalue weighted by Gasteiger charge is 2.02. The number of imidazole rings is 1. The first-order valence-corrected chi connectivity index (χ1v) is 5.32. The van der Waals surface area contributed by atoms with E-state index in [4.69, 9.17) is 5.73 Å². The minimum absolute atomic E-state index is 0.0801. The van der Waals surface area contributed by atoms with Gasteiger partial charge in [-0.25, -0.2) is 4.98 Å². The van der Waals surface area contributed by atoms with Crippen LogP contribution in [0.2, 0.25) is 0 Å². The molecule has 0 aliphatic rings. The molecule has 0 aliphatic carbocycles. The van der Waals surface area contributed by atoms with Crippen LogP contribution in [-0.2, 0) is 17.9 Å².